The molecule has 1 fully saturated rings. The lowest BCUT2D eigenvalue weighted by Gasteiger charge is -2.35. The minimum atomic E-state index is -4.76. The molecule has 430 valence electrons. The summed E-state index contributed by atoms with van der Waals surface area (Å²) in [6, 6.07) is -0.0854. The van der Waals surface area contributed by atoms with Gasteiger partial charge >= 0.3 is 36.2 Å². The van der Waals surface area contributed by atoms with Gasteiger partial charge in [0.25, 0.3) is 23.6 Å². The fourth-order valence-electron chi connectivity index (χ4n) is 8.29. The van der Waals surface area contributed by atoms with Crippen LogP contribution in [0, 0.1) is 11.8 Å². The Labute approximate surface area is 443 Å². The third kappa shape index (κ3) is 19.3. The average Bonchev–Trinajstić information content (AvgIpc) is 3.31. The SMILES string of the molecule is CC(C)C[C@H]1C(=O)O[C@H](C)C(=O)N(C)[C@@H](CC(C)(C)F)C(=O)O[C@H](Cc2ccc(C(F)(F)F)cc2)C(=O)N(C)[C@@H](CC(C)C)C(=O)OCC(=O)N(C)[C@@H](CC(C)(C)F)C(=O)O[C@H](Cc2ccc(C(F)(F)F)cc2)C(=O)N1C. The zero-order valence-electron chi connectivity index (χ0n) is 45.5. The first-order valence-electron chi connectivity index (χ1n) is 24.8. The minimum Gasteiger partial charge on any atom is -0.454 e. The van der Waals surface area contributed by atoms with Crippen molar-refractivity contribution < 1.29 is 92.4 Å². The Morgan fingerprint density at radius 1 is 0.481 bits per heavy atom. The van der Waals surface area contributed by atoms with E-state index in [1.807, 2.05) is 0 Å². The molecule has 3 rings (SSSR count). The van der Waals surface area contributed by atoms with Crippen LogP contribution in [0.2, 0.25) is 0 Å². The van der Waals surface area contributed by atoms with Gasteiger partial charge in [0.15, 0.2) is 24.9 Å². The van der Waals surface area contributed by atoms with Crippen molar-refractivity contribution in [1.82, 2.24) is 19.6 Å². The van der Waals surface area contributed by atoms with E-state index in [4.69, 9.17) is 18.9 Å². The normalized spacial score (nSPS) is 23.5. The number of cyclic esters (lactones) is 4. The first kappa shape index (κ1) is 64.9. The van der Waals surface area contributed by atoms with Crippen LogP contribution in [0.1, 0.15) is 110 Å². The molecule has 0 N–H and O–H groups in total. The van der Waals surface area contributed by atoms with Gasteiger partial charge in [-0.25, -0.2) is 28.0 Å². The van der Waals surface area contributed by atoms with Crippen LogP contribution in [-0.4, -0.2) is 156 Å². The summed E-state index contributed by atoms with van der Waals surface area (Å²) >= 11 is 0. The van der Waals surface area contributed by atoms with Gasteiger partial charge in [-0.05, 0) is 94.7 Å². The molecule has 1 aliphatic heterocycles. The Balaban J connectivity index is 2.30. The van der Waals surface area contributed by atoms with E-state index >= 15 is 8.78 Å². The Morgan fingerprint density at radius 2 is 0.805 bits per heavy atom. The largest absolute Gasteiger partial charge is 0.454 e. The molecule has 0 unspecified atom stereocenters. The van der Waals surface area contributed by atoms with E-state index in [1.165, 1.54) is 0 Å². The van der Waals surface area contributed by atoms with Gasteiger partial charge in [-0.3, -0.25) is 19.2 Å². The lowest BCUT2D eigenvalue weighted by Crippen LogP contribution is -2.54. The molecule has 1 aliphatic rings. The van der Waals surface area contributed by atoms with Crippen LogP contribution in [0.3, 0.4) is 0 Å². The zero-order chi connectivity index (χ0) is 58.9. The molecule has 0 bridgehead atoms. The monoisotopic (exact) mass is 1110 g/mol. The number of nitrogens with zero attached hydrogens (tertiary/aromatic N) is 4. The Bertz CT molecular complexity index is 2350. The summed E-state index contributed by atoms with van der Waals surface area (Å²) in [5.74, 6) is -10.6. The molecule has 7 atom stereocenters. The fraction of sp³-hybridized carbons (Fsp3) is 0.623. The average molecular weight is 1110 g/mol. The van der Waals surface area contributed by atoms with Crippen molar-refractivity contribution in [3.05, 3.63) is 70.8 Å². The van der Waals surface area contributed by atoms with Gasteiger partial charge in [0, 0.05) is 53.9 Å². The zero-order valence-corrected chi connectivity index (χ0v) is 45.5. The summed E-state index contributed by atoms with van der Waals surface area (Å²) in [4.78, 5) is 117. The van der Waals surface area contributed by atoms with Crippen molar-refractivity contribution in [2.45, 2.75) is 167 Å². The second kappa shape index (κ2) is 26.3. The molecule has 0 radical (unpaired) electrons. The maximum atomic E-state index is 15.6. The van der Waals surface area contributed by atoms with E-state index in [0.29, 0.717) is 34.1 Å². The van der Waals surface area contributed by atoms with Crippen molar-refractivity contribution in [2.24, 2.45) is 11.8 Å². The lowest BCUT2D eigenvalue weighted by molar-refractivity contribution is -0.175. The van der Waals surface area contributed by atoms with Crippen molar-refractivity contribution in [2.75, 3.05) is 34.8 Å². The summed E-state index contributed by atoms with van der Waals surface area (Å²) in [7, 11) is 4.29. The molecule has 77 heavy (non-hydrogen) atoms. The molecule has 2 aromatic carbocycles. The number of hydrogen-bond acceptors (Lipinski definition) is 12. The van der Waals surface area contributed by atoms with Gasteiger partial charge in [0.05, 0.1) is 11.1 Å². The Kier molecular flexibility index (Phi) is 22.2. The van der Waals surface area contributed by atoms with E-state index in [1.54, 1.807) is 27.7 Å². The third-order valence-electron chi connectivity index (χ3n) is 12.6. The summed E-state index contributed by atoms with van der Waals surface area (Å²) in [5, 5.41) is 0. The molecule has 4 amide bonds. The smallest absolute Gasteiger partial charge is 0.416 e. The highest BCUT2D eigenvalue weighted by Gasteiger charge is 2.44. The number of likely N-dealkylation sites (N-methyl/N-ethyl adjacent to an activating group) is 4. The number of rotatable bonds is 12. The number of halogens is 8. The summed E-state index contributed by atoms with van der Waals surface area (Å²) in [5.41, 5.74) is -6.57. The van der Waals surface area contributed by atoms with Crippen LogP contribution < -0.4 is 0 Å². The predicted molar refractivity (Wildman–Crippen MR) is 261 cm³/mol. The summed E-state index contributed by atoms with van der Waals surface area (Å²) in [6.07, 6.45) is -18.5. The molecule has 0 aliphatic carbocycles. The van der Waals surface area contributed by atoms with Crippen molar-refractivity contribution in [1.29, 1.82) is 0 Å². The van der Waals surface area contributed by atoms with Crippen LogP contribution in [0.25, 0.3) is 0 Å². The number of carbonyl (C=O) groups is 8. The molecule has 0 saturated carbocycles. The first-order valence-corrected chi connectivity index (χ1v) is 24.8. The molecule has 1 heterocycles. The highest BCUT2D eigenvalue weighted by atomic mass is 19.4. The number of esters is 4. The number of carbonyl (C=O) groups excluding carboxylic acids is 8. The number of alkyl halides is 8. The number of benzene rings is 2. The van der Waals surface area contributed by atoms with Crippen molar-refractivity contribution >= 4 is 47.5 Å². The topological polar surface area (TPSA) is 186 Å². The lowest BCUT2D eigenvalue weighted by atomic mass is 9.98. The minimum absolute atomic E-state index is 0.0181. The molecular formula is C53H70F8N4O12. The summed E-state index contributed by atoms with van der Waals surface area (Å²) in [6.45, 7) is 10.8. The summed E-state index contributed by atoms with van der Waals surface area (Å²) < 4.78 is 135. The van der Waals surface area contributed by atoms with Gasteiger partial charge in [-0.15, -0.1) is 0 Å². The van der Waals surface area contributed by atoms with E-state index in [2.05, 4.69) is 0 Å². The van der Waals surface area contributed by atoms with Gasteiger partial charge in [-0.2, -0.15) is 26.3 Å². The van der Waals surface area contributed by atoms with E-state index in [0.717, 1.165) is 96.9 Å². The maximum absolute atomic E-state index is 15.6. The van der Waals surface area contributed by atoms with Gasteiger partial charge in [-0.1, -0.05) is 52.0 Å². The Hall–Kier alpha value is -6.36. The second-order valence-corrected chi connectivity index (χ2v) is 21.4. The van der Waals surface area contributed by atoms with Crippen LogP contribution in [-0.2, 0) is 82.5 Å². The van der Waals surface area contributed by atoms with Crippen molar-refractivity contribution in [3.8, 4) is 0 Å². The van der Waals surface area contributed by atoms with E-state index in [9.17, 15) is 64.7 Å². The molecule has 2 aromatic rings. The van der Waals surface area contributed by atoms with E-state index in [-0.39, 0.29) is 24.0 Å². The second-order valence-electron chi connectivity index (χ2n) is 21.4. The van der Waals surface area contributed by atoms with Crippen LogP contribution in [0.4, 0.5) is 35.1 Å². The van der Waals surface area contributed by atoms with Gasteiger partial charge in [0.1, 0.15) is 35.5 Å². The highest BCUT2D eigenvalue weighted by molar-refractivity contribution is 5.94. The standard InChI is InChI=1S/C53H70F8N4O12/c1-29(2)22-36-46(70)74-28-42(66)62(10)38(26-50(6,7)54)48(72)76-41(25-33-16-20-35(21-17-33)53(59,60)61)45(69)64(12)37(23-30(3)4)47(71)75-31(5)43(67)65(13)39(27-51(8,9)55)49(73)77-40(44(68)63(36)11)24-32-14-18-34(19-15-32)52(56,57)58/h14-21,29-31,36-41H,22-28H2,1-13H3/t31-,36+,37+,38+,39+,40-,41-/m1/s1. The number of amides is 4. The van der Waals surface area contributed by atoms with Crippen LogP contribution >= 0.6 is 0 Å². The van der Waals surface area contributed by atoms with Gasteiger partial charge in [0.2, 0.25) is 0 Å². The molecule has 0 aromatic heterocycles. The maximum Gasteiger partial charge on any atom is 0.416 e. The highest BCUT2D eigenvalue weighted by Crippen LogP contribution is 2.32. The molecule has 1 saturated heterocycles. The quantitative estimate of drug-likeness (QED) is 0.116. The van der Waals surface area contributed by atoms with Gasteiger partial charge < -0.3 is 38.5 Å². The third-order valence-corrected chi connectivity index (χ3v) is 12.6. The molecule has 16 nitrogen and oxygen atoms in total. The Morgan fingerprint density at radius 3 is 1.14 bits per heavy atom. The fourth-order valence-corrected chi connectivity index (χ4v) is 8.29. The van der Waals surface area contributed by atoms with Crippen LogP contribution in [0.15, 0.2) is 48.5 Å². The first-order chi connectivity index (χ1) is 35.2. The molecule has 24 heteroatoms. The molecular weight excluding hydrogens is 1040 g/mol. The van der Waals surface area contributed by atoms with Crippen LogP contribution in [0.5, 0.6) is 0 Å². The van der Waals surface area contributed by atoms with E-state index < -0.39 is 169 Å². The number of ether oxygens (including phenoxy) is 4. The predicted octanol–water partition coefficient (Wildman–Crippen LogP) is 7.50. The molecule has 0 spiro atoms. The van der Waals surface area contributed by atoms with Crippen molar-refractivity contribution in [3.63, 3.8) is 0 Å². The number of hydrogen-bond donors (Lipinski definition) is 0.